The van der Waals surface area contributed by atoms with E-state index in [1.165, 1.54) is 11.3 Å². The summed E-state index contributed by atoms with van der Waals surface area (Å²) in [5.41, 5.74) is 10.5. The van der Waals surface area contributed by atoms with Crippen LogP contribution in [-0.2, 0) is 6.61 Å². The number of hydrogen-bond acceptors (Lipinski definition) is 6. The van der Waals surface area contributed by atoms with Crippen molar-refractivity contribution < 1.29 is 4.74 Å². The lowest BCUT2D eigenvalue weighted by molar-refractivity contribution is 0.306. The highest BCUT2D eigenvalue weighted by molar-refractivity contribution is 7.13. The van der Waals surface area contributed by atoms with Gasteiger partial charge in [0.2, 0.25) is 0 Å². The molecule has 0 bridgehead atoms. The Bertz CT molecular complexity index is 1350. The van der Waals surface area contributed by atoms with Gasteiger partial charge in [-0.2, -0.15) is 4.68 Å². The van der Waals surface area contributed by atoms with Crippen LogP contribution in [-0.4, -0.2) is 20.0 Å². The van der Waals surface area contributed by atoms with Crippen LogP contribution in [0.5, 0.6) is 5.75 Å². The van der Waals surface area contributed by atoms with Gasteiger partial charge >= 0.3 is 0 Å². The zero-order valence-corrected chi connectivity index (χ0v) is 18.4. The number of nitrogens with zero attached hydrogens (tertiary/aromatic N) is 4. The summed E-state index contributed by atoms with van der Waals surface area (Å²) >= 11 is 7.75. The van der Waals surface area contributed by atoms with Crippen molar-refractivity contribution in [1.82, 2.24) is 20.0 Å². The third-order valence-corrected chi connectivity index (χ3v) is 6.07. The molecule has 2 heterocycles. The van der Waals surface area contributed by atoms with Gasteiger partial charge in [-0.05, 0) is 35.9 Å². The summed E-state index contributed by atoms with van der Waals surface area (Å²) in [5, 5.41) is 11.8. The predicted octanol–water partition coefficient (Wildman–Crippen LogP) is 5.87. The van der Waals surface area contributed by atoms with E-state index in [2.05, 4.69) is 15.3 Å². The zero-order valence-electron chi connectivity index (χ0n) is 16.9. The Morgan fingerprint density at radius 3 is 2.47 bits per heavy atom. The van der Waals surface area contributed by atoms with Gasteiger partial charge in [0.25, 0.3) is 0 Å². The van der Waals surface area contributed by atoms with E-state index in [4.69, 9.17) is 22.1 Å². The second-order valence-electron chi connectivity index (χ2n) is 7.02. The van der Waals surface area contributed by atoms with Crippen molar-refractivity contribution >= 4 is 28.8 Å². The number of hydrogen-bond donors (Lipinski definition) is 1. The van der Waals surface area contributed by atoms with Crippen LogP contribution in [0.1, 0.15) is 5.56 Å². The molecule has 0 aliphatic rings. The van der Waals surface area contributed by atoms with Crippen LogP contribution in [0.4, 0.5) is 5.82 Å². The van der Waals surface area contributed by atoms with Crippen molar-refractivity contribution in [2.75, 3.05) is 5.73 Å². The Hall–Kier alpha value is -3.68. The minimum absolute atomic E-state index is 0.419. The number of ether oxygens (including phenoxy) is 1. The number of nitrogens with two attached hydrogens (primary N) is 1. The molecule has 8 heteroatoms. The minimum atomic E-state index is 0.419. The maximum Gasteiger partial charge on any atom is 0.165 e. The fraction of sp³-hybridized carbons (Fsp3) is 0.0417. The van der Waals surface area contributed by atoms with E-state index in [1.807, 2.05) is 84.2 Å². The molecule has 5 rings (SSSR count). The normalized spacial score (nSPS) is 10.9. The summed E-state index contributed by atoms with van der Waals surface area (Å²) in [4.78, 5) is 4.66. The molecule has 0 saturated heterocycles. The van der Waals surface area contributed by atoms with Crippen LogP contribution in [0.2, 0.25) is 5.02 Å². The molecule has 5 aromatic rings. The summed E-state index contributed by atoms with van der Waals surface area (Å²) in [6.07, 6.45) is 0. The Kier molecular flexibility index (Phi) is 5.58. The predicted molar refractivity (Wildman–Crippen MR) is 128 cm³/mol. The van der Waals surface area contributed by atoms with Crippen molar-refractivity contribution in [3.05, 3.63) is 94.8 Å². The lowest BCUT2D eigenvalue weighted by Crippen LogP contribution is -2.02. The summed E-state index contributed by atoms with van der Waals surface area (Å²) in [6.45, 7) is 0.508. The molecular weight excluding hydrogens is 442 g/mol. The molecule has 0 unspecified atom stereocenters. The topological polar surface area (TPSA) is 78.9 Å². The third-order valence-electron chi connectivity index (χ3n) is 4.89. The van der Waals surface area contributed by atoms with Crippen molar-refractivity contribution in [1.29, 1.82) is 0 Å². The quantitative estimate of drug-likeness (QED) is 0.343. The van der Waals surface area contributed by atoms with E-state index in [9.17, 15) is 0 Å². The molecule has 0 amide bonds. The maximum absolute atomic E-state index is 6.37. The number of thiazole rings is 1. The van der Waals surface area contributed by atoms with E-state index in [0.717, 1.165) is 28.3 Å². The largest absolute Gasteiger partial charge is 0.489 e. The highest BCUT2D eigenvalue weighted by Gasteiger charge is 2.17. The van der Waals surface area contributed by atoms with Crippen LogP contribution >= 0.6 is 22.9 Å². The third kappa shape index (κ3) is 4.08. The molecule has 2 aromatic heterocycles. The average Bonchev–Trinajstić information content (AvgIpc) is 3.46. The number of anilines is 1. The number of benzene rings is 3. The molecule has 0 saturated carbocycles. The Morgan fingerprint density at radius 2 is 1.69 bits per heavy atom. The molecule has 2 N–H and O–H groups in total. The SMILES string of the molecule is Nc1c(-c2nc(-c3ccccc3Cl)cs2)nnn1-c1ccc(OCc2ccccc2)cc1. The van der Waals surface area contributed by atoms with Crippen LogP contribution < -0.4 is 10.5 Å². The number of nitrogen functional groups attached to an aromatic ring is 1. The molecular formula is C24H18ClN5OS. The van der Waals surface area contributed by atoms with E-state index in [1.54, 1.807) is 4.68 Å². The fourth-order valence-corrected chi connectivity index (χ4v) is 4.28. The Balaban J connectivity index is 1.35. The molecule has 0 atom stereocenters. The van der Waals surface area contributed by atoms with Crippen molar-refractivity contribution in [3.8, 4) is 33.4 Å². The van der Waals surface area contributed by atoms with E-state index in [-0.39, 0.29) is 0 Å². The summed E-state index contributed by atoms with van der Waals surface area (Å²) < 4.78 is 7.44. The van der Waals surface area contributed by atoms with Gasteiger partial charge in [-0.1, -0.05) is 65.3 Å². The smallest absolute Gasteiger partial charge is 0.165 e. The average molecular weight is 460 g/mol. The second kappa shape index (κ2) is 8.82. The first-order chi connectivity index (χ1) is 15.7. The van der Waals surface area contributed by atoms with Crippen LogP contribution in [0.3, 0.4) is 0 Å². The second-order valence-corrected chi connectivity index (χ2v) is 8.29. The van der Waals surface area contributed by atoms with E-state index < -0.39 is 0 Å². The van der Waals surface area contributed by atoms with Gasteiger partial charge in [0.1, 0.15) is 17.4 Å². The highest BCUT2D eigenvalue weighted by Crippen LogP contribution is 2.34. The lowest BCUT2D eigenvalue weighted by atomic mass is 10.2. The van der Waals surface area contributed by atoms with E-state index in [0.29, 0.717) is 28.1 Å². The molecule has 6 nitrogen and oxygen atoms in total. The fourth-order valence-electron chi connectivity index (χ4n) is 3.23. The van der Waals surface area contributed by atoms with Gasteiger partial charge in [-0.25, -0.2) is 4.98 Å². The molecule has 0 spiro atoms. The molecule has 158 valence electrons. The summed E-state index contributed by atoms with van der Waals surface area (Å²) in [7, 11) is 0. The summed E-state index contributed by atoms with van der Waals surface area (Å²) in [6, 6.07) is 25.2. The lowest BCUT2D eigenvalue weighted by Gasteiger charge is -2.08. The van der Waals surface area contributed by atoms with Crippen molar-refractivity contribution in [3.63, 3.8) is 0 Å². The standard InChI is InChI=1S/C24H18ClN5OS/c25-20-9-5-4-8-19(20)21-15-32-24(27-21)22-23(26)30(29-28-22)17-10-12-18(13-11-17)31-14-16-6-2-1-3-7-16/h1-13,15H,14,26H2. The highest BCUT2D eigenvalue weighted by atomic mass is 35.5. The van der Waals surface area contributed by atoms with Crippen molar-refractivity contribution in [2.45, 2.75) is 6.61 Å². The van der Waals surface area contributed by atoms with Gasteiger partial charge in [0.15, 0.2) is 11.5 Å². The summed E-state index contributed by atoms with van der Waals surface area (Å²) in [5.74, 6) is 1.18. The van der Waals surface area contributed by atoms with Gasteiger partial charge in [-0.15, -0.1) is 16.4 Å². The first kappa shape index (κ1) is 20.2. The zero-order chi connectivity index (χ0) is 21.9. The van der Waals surface area contributed by atoms with Crippen LogP contribution in [0.25, 0.3) is 27.6 Å². The molecule has 0 aliphatic carbocycles. The first-order valence-corrected chi connectivity index (χ1v) is 11.1. The van der Waals surface area contributed by atoms with Gasteiger partial charge in [0, 0.05) is 16.0 Å². The number of rotatable bonds is 6. The van der Waals surface area contributed by atoms with Gasteiger partial charge in [-0.3, -0.25) is 0 Å². The van der Waals surface area contributed by atoms with Gasteiger partial charge in [0.05, 0.1) is 11.4 Å². The maximum atomic E-state index is 6.37. The minimum Gasteiger partial charge on any atom is -0.489 e. The first-order valence-electron chi connectivity index (χ1n) is 9.88. The molecule has 0 radical (unpaired) electrons. The van der Waals surface area contributed by atoms with E-state index >= 15 is 0 Å². The van der Waals surface area contributed by atoms with Crippen LogP contribution in [0, 0.1) is 0 Å². The molecule has 0 fully saturated rings. The molecule has 32 heavy (non-hydrogen) atoms. The van der Waals surface area contributed by atoms with Crippen LogP contribution in [0.15, 0.2) is 84.2 Å². The number of aromatic nitrogens is 4. The van der Waals surface area contributed by atoms with Gasteiger partial charge < -0.3 is 10.5 Å². The Labute approximate surface area is 193 Å². The van der Waals surface area contributed by atoms with Crippen molar-refractivity contribution in [2.24, 2.45) is 0 Å². The monoisotopic (exact) mass is 459 g/mol. The number of halogens is 1. The molecule has 3 aromatic carbocycles. The molecule has 0 aliphatic heterocycles. The Morgan fingerprint density at radius 1 is 0.938 bits per heavy atom.